The molecule has 0 spiro atoms. The molecule has 0 unspecified atom stereocenters. The van der Waals surface area contributed by atoms with Crippen LogP contribution in [0.5, 0.6) is 0 Å². The first-order valence-corrected chi connectivity index (χ1v) is 8.35. The van der Waals surface area contributed by atoms with Crippen molar-refractivity contribution in [2.24, 2.45) is 5.73 Å². The van der Waals surface area contributed by atoms with Crippen molar-refractivity contribution in [3.8, 4) is 5.69 Å². The number of alkyl halides is 1. The molecule has 2 atom stereocenters. The van der Waals surface area contributed by atoms with Crippen LogP contribution in [-0.2, 0) is 0 Å². The summed E-state index contributed by atoms with van der Waals surface area (Å²) in [5.74, 6) is -0.298. The van der Waals surface area contributed by atoms with E-state index in [-0.39, 0.29) is 5.92 Å². The topological polar surface area (TPSA) is 72.9 Å². The number of benzene rings is 2. The smallest absolute Gasteiger partial charge is 0.250 e. The van der Waals surface area contributed by atoms with Crippen LogP contribution in [0.25, 0.3) is 16.6 Å². The number of rotatable bonds is 3. The molecule has 1 aromatic heterocycles. The summed E-state index contributed by atoms with van der Waals surface area (Å²) in [6, 6.07) is 13.3. The van der Waals surface area contributed by atoms with E-state index in [1.807, 2.05) is 36.5 Å². The molecule has 6 heteroatoms. The lowest BCUT2D eigenvalue weighted by Gasteiger charge is -2.26. The van der Waals surface area contributed by atoms with Gasteiger partial charge in [0, 0.05) is 24.7 Å². The normalized spacial score (nSPS) is 20.7. The summed E-state index contributed by atoms with van der Waals surface area (Å²) in [5.41, 5.74) is 8.43. The third-order valence-corrected chi connectivity index (χ3v) is 4.73. The quantitative estimate of drug-likeness (QED) is 0.771. The van der Waals surface area contributed by atoms with E-state index in [1.165, 1.54) is 0 Å². The molecule has 128 valence electrons. The van der Waals surface area contributed by atoms with Crippen molar-refractivity contribution in [3.63, 3.8) is 0 Å². The van der Waals surface area contributed by atoms with Crippen LogP contribution < -0.4 is 11.1 Å². The number of hydrogen-bond acceptors (Lipinski definition) is 3. The van der Waals surface area contributed by atoms with E-state index < -0.39 is 12.1 Å². The Morgan fingerprint density at radius 3 is 2.72 bits per heavy atom. The van der Waals surface area contributed by atoms with Crippen molar-refractivity contribution in [2.45, 2.75) is 18.5 Å². The summed E-state index contributed by atoms with van der Waals surface area (Å²) in [5, 5.41) is 8.49. The molecule has 1 amide bonds. The van der Waals surface area contributed by atoms with Crippen molar-refractivity contribution in [3.05, 3.63) is 59.8 Å². The Hall–Kier alpha value is -2.73. The van der Waals surface area contributed by atoms with Gasteiger partial charge in [0.15, 0.2) is 0 Å². The number of carbonyl (C=O) groups is 1. The maximum atomic E-state index is 13.6. The second-order valence-electron chi connectivity index (χ2n) is 6.46. The Morgan fingerprint density at radius 1 is 1.20 bits per heavy atom. The molecule has 1 saturated heterocycles. The van der Waals surface area contributed by atoms with Crippen LogP contribution >= 0.6 is 0 Å². The number of halogens is 1. The minimum absolute atomic E-state index is 0.191. The van der Waals surface area contributed by atoms with Crippen LogP contribution in [0, 0.1) is 0 Å². The predicted molar refractivity (Wildman–Crippen MR) is 94.7 cm³/mol. The van der Waals surface area contributed by atoms with E-state index in [0.29, 0.717) is 24.0 Å². The van der Waals surface area contributed by atoms with E-state index >= 15 is 0 Å². The van der Waals surface area contributed by atoms with Gasteiger partial charge >= 0.3 is 0 Å². The average Bonchev–Trinajstić information content (AvgIpc) is 3.06. The molecule has 5 nitrogen and oxygen atoms in total. The van der Waals surface area contributed by atoms with Crippen molar-refractivity contribution in [1.29, 1.82) is 0 Å². The van der Waals surface area contributed by atoms with Gasteiger partial charge in [0.2, 0.25) is 0 Å². The van der Waals surface area contributed by atoms with Crippen molar-refractivity contribution >= 4 is 16.8 Å². The van der Waals surface area contributed by atoms with Gasteiger partial charge in [-0.1, -0.05) is 24.3 Å². The van der Waals surface area contributed by atoms with Crippen LogP contribution in [0.15, 0.2) is 48.7 Å². The molecule has 1 aliphatic heterocycles. The van der Waals surface area contributed by atoms with E-state index in [0.717, 1.165) is 23.2 Å². The van der Waals surface area contributed by atoms with Crippen molar-refractivity contribution in [1.82, 2.24) is 15.1 Å². The van der Waals surface area contributed by atoms with Crippen LogP contribution in [-0.4, -0.2) is 34.9 Å². The molecule has 25 heavy (non-hydrogen) atoms. The van der Waals surface area contributed by atoms with E-state index in [1.54, 1.807) is 16.8 Å². The number of piperidine rings is 1. The molecule has 0 radical (unpaired) electrons. The van der Waals surface area contributed by atoms with Gasteiger partial charge in [-0.3, -0.25) is 4.79 Å². The van der Waals surface area contributed by atoms with Crippen molar-refractivity contribution in [2.75, 3.05) is 13.1 Å². The molecule has 0 aliphatic carbocycles. The summed E-state index contributed by atoms with van der Waals surface area (Å²) in [4.78, 5) is 11.5. The Kier molecular flexibility index (Phi) is 3.97. The Morgan fingerprint density at radius 2 is 2.00 bits per heavy atom. The summed E-state index contributed by atoms with van der Waals surface area (Å²) >= 11 is 0. The van der Waals surface area contributed by atoms with E-state index in [2.05, 4.69) is 10.4 Å². The number of nitrogens with two attached hydrogens (primary N) is 1. The highest BCUT2D eigenvalue weighted by Crippen LogP contribution is 2.26. The third kappa shape index (κ3) is 3.00. The zero-order valence-corrected chi connectivity index (χ0v) is 13.7. The number of hydrogen-bond donors (Lipinski definition) is 2. The number of nitrogens with zero attached hydrogens (tertiary/aromatic N) is 2. The van der Waals surface area contributed by atoms with Crippen LogP contribution in [0.4, 0.5) is 4.39 Å². The SMILES string of the molecule is NC(=O)c1cccc2cn(-c3ccc([C@@H]4CNC[C@@H](F)C4)cc3)nc12. The maximum Gasteiger partial charge on any atom is 0.250 e. The predicted octanol–water partition coefficient (Wildman–Crippen LogP) is 2.54. The fourth-order valence-corrected chi connectivity index (χ4v) is 3.42. The number of fused-ring (bicyclic) bond motifs is 1. The number of amides is 1. The highest BCUT2D eigenvalue weighted by molar-refractivity contribution is 6.04. The van der Waals surface area contributed by atoms with Crippen LogP contribution in [0.3, 0.4) is 0 Å². The molecule has 3 aromatic rings. The number of aromatic nitrogens is 2. The largest absolute Gasteiger partial charge is 0.366 e. The fourth-order valence-electron chi connectivity index (χ4n) is 3.42. The molecule has 3 N–H and O–H groups in total. The van der Waals surface area contributed by atoms with E-state index in [4.69, 9.17) is 5.73 Å². The second kappa shape index (κ2) is 6.29. The lowest BCUT2D eigenvalue weighted by atomic mass is 9.91. The van der Waals surface area contributed by atoms with Gasteiger partial charge in [-0.05, 0) is 36.1 Å². The van der Waals surface area contributed by atoms with Gasteiger partial charge in [0.1, 0.15) is 11.7 Å². The number of primary amides is 1. The number of nitrogens with one attached hydrogen (secondary N) is 1. The summed E-state index contributed by atoms with van der Waals surface area (Å²) in [6.07, 6.45) is 1.64. The van der Waals surface area contributed by atoms with Crippen LogP contribution in [0.2, 0.25) is 0 Å². The average molecular weight is 338 g/mol. The molecule has 1 aliphatic rings. The first-order valence-electron chi connectivity index (χ1n) is 8.35. The second-order valence-corrected chi connectivity index (χ2v) is 6.46. The molecular weight excluding hydrogens is 319 g/mol. The Labute approximate surface area is 144 Å². The summed E-state index contributed by atoms with van der Waals surface area (Å²) < 4.78 is 15.3. The zero-order chi connectivity index (χ0) is 17.4. The van der Waals surface area contributed by atoms with Gasteiger partial charge in [-0.25, -0.2) is 9.07 Å². The monoisotopic (exact) mass is 338 g/mol. The molecule has 0 saturated carbocycles. The Balaban J connectivity index is 1.65. The molecule has 2 aromatic carbocycles. The summed E-state index contributed by atoms with van der Waals surface area (Å²) in [7, 11) is 0. The Bertz CT molecular complexity index is 919. The maximum absolute atomic E-state index is 13.6. The standard InChI is InChI=1S/C19H19FN4O/c20-15-8-14(9-22-10-15)12-4-6-16(7-5-12)24-11-13-2-1-3-17(19(21)25)18(13)23-24/h1-7,11,14-15,22H,8-10H2,(H2,21,25)/t14-,15-/m0/s1. The van der Waals surface area contributed by atoms with Crippen LogP contribution in [0.1, 0.15) is 28.3 Å². The third-order valence-electron chi connectivity index (χ3n) is 4.73. The van der Waals surface area contributed by atoms with Gasteiger partial charge in [0.25, 0.3) is 5.91 Å². The summed E-state index contributed by atoms with van der Waals surface area (Å²) in [6.45, 7) is 1.24. The highest BCUT2D eigenvalue weighted by Gasteiger charge is 2.22. The molecule has 2 heterocycles. The van der Waals surface area contributed by atoms with Gasteiger partial charge in [0.05, 0.1) is 11.3 Å². The van der Waals surface area contributed by atoms with Gasteiger partial charge in [-0.15, -0.1) is 0 Å². The molecule has 0 bridgehead atoms. The highest BCUT2D eigenvalue weighted by atomic mass is 19.1. The number of carbonyl (C=O) groups excluding carboxylic acids is 1. The van der Waals surface area contributed by atoms with Gasteiger partial charge < -0.3 is 11.1 Å². The molecular formula is C19H19FN4O. The minimum Gasteiger partial charge on any atom is -0.366 e. The minimum atomic E-state index is -0.790. The van der Waals surface area contributed by atoms with Gasteiger partial charge in [-0.2, -0.15) is 5.10 Å². The first-order chi connectivity index (χ1) is 12.1. The molecule has 1 fully saturated rings. The van der Waals surface area contributed by atoms with E-state index in [9.17, 15) is 9.18 Å². The zero-order valence-electron chi connectivity index (χ0n) is 13.7. The van der Waals surface area contributed by atoms with Crippen molar-refractivity contribution < 1.29 is 9.18 Å². The first kappa shape index (κ1) is 15.8. The fraction of sp³-hybridized carbons (Fsp3) is 0.263. The lowest BCUT2D eigenvalue weighted by molar-refractivity contribution is 0.100. The lowest BCUT2D eigenvalue weighted by Crippen LogP contribution is -2.36. The molecule has 4 rings (SSSR count).